The molecule has 0 spiro atoms. The van der Waals surface area contributed by atoms with Crippen LogP contribution in [0.25, 0.3) is 0 Å². The van der Waals surface area contributed by atoms with E-state index in [9.17, 15) is 9.59 Å². The van der Waals surface area contributed by atoms with Gasteiger partial charge in [-0.2, -0.15) is 0 Å². The maximum absolute atomic E-state index is 13.0. The van der Waals surface area contributed by atoms with E-state index >= 15 is 0 Å². The molecule has 4 rings (SSSR count). The third kappa shape index (κ3) is 4.31. The van der Waals surface area contributed by atoms with Crippen LogP contribution in [-0.4, -0.2) is 26.2 Å². The lowest BCUT2D eigenvalue weighted by molar-refractivity contribution is -0.150. The Bertz CT molecular complexity index is 884. The van der Waals surface area contributed by atoms with Gasteiger partial charge in [0.1, 0.15) is 0 Å². The fourth-order valence-electron chi connectivity index (χ4n) is 8.95. The minimum Gasteiger partial charge on any atom is -0.469 e. The number of fused-ring (bicyclic) bond motifs is 4. The molecule has 0 aliphatic heterocycles. The monoisotopic (exact) mass is 484 g/mol. The number of carbonyl (C=O) groups excluding carboxylic acids is 2. The second-order valence-corrected chi connectivity index (χ2v) is 12.8. The van der Waals surface area contributed by atoms with Crippen LogP contribution in [-0.2, 0) is 19.1 Å². The Morgan fingerprint density at radius 2 is 1.71 bits per heavy atom. The third-order valence-electron chi connectivity index (χ3n) is 11.1. The molecule has 0 N–H and O–H groups in total. The number of hydrogen-bond donors (Lipinski definition) is 0. The summed E-state index contributed by atoms with van der Waals surface area (Å²) in [4.78, 5) is 25.4. The van der Waals surface area contributed by atoms with Gasteiger partial charge in [-0.15, -0.1) is 0 Å². The Balaban J connectivity index is 1.60. The van der Waals surface area contributed by atoms with E-state index in [1.807, 2.05) is 0 Å². The van der Waals surface area contributed by atoms with Crippen LogP contribution in [0, 0.1) is 46.3 Å². The molecular weight excluding hydrogens is 436 g/mol. The maximum atomic E-state index is 13.0. The van der Waals surface area contributed by atoms with Crippen LogP contribution in [0.1, 0.15) is 98.3 Å². The van der Waals surface area contributed by atoms with E-state index in [-0.39, 0.29) is 34.6 Å². The smallest absolute Gasteiger partial charge is 0.312 e. The standard InChI is InChI=1S/C31H48O4/c1-19(2)9-8-10-25(29(33)35-7)27-16-18-31(5)26-14-13-21-20(3)22(28(32)34-6)11-12-23(21)24(26)15-17-30(27,31)4/h19,21-23,25,27H,3,8-18H2,1-2,4-7H3. The Morgan fingerprint density at radius 1 is 0.971 bits per heavy atom. The number of ether oxygens (including phenoxy) is 2. The molecule has 2 saturated carbocycles. The van der Waals surface area contributed by atoms with Crippen LogP contribution in [0.3, 0.4) is 0 Å². The Hall–Kier alpha value is -1.58. The van der Waals surface area contributed by atoms with Gasteiger partial charge >= 0.3 is 11.9 Å². The van der Waals surface area contributed by atoms with Crippen LogP contribution < -0.4 is 0 Å². The summed E-state index contributed by atoms with van der Waals surface area (Å²) < 4.78 is 10.5. The highest BCUT2D eigenvalue weighted by Gasteiger charge is 2.61. The summed E-state index contributed by atoms with van der Waals surface area (Å²) in [6.45, 7) is 13.9. The molecular formula is C31H48O4. The van der Waals surface area contributed by atoms with Gasteiger partial charge in [-0.25, -0.2) is 0 Å². The molecule has 35 heavy (non-hydrogen) atoms. The van der Waals surface area contributed by atoms with Gasteiger partial charge in [0, 0.05) is 0 Å². The lowest BCUT2D eigenvalue weighted by atomic mass is 9.48. The van der Waals surface area contributed by atoms with Gasteiger partial charge in [0.15, 0.2) is 0 Å². The molecule has 0 bridgehead atoms. The lowest BCUT2D eigenvalue weighted by Gasteiger charge is -2.56. The molecule has 7 atom stereocenters. The van der Waals surface area contributed by atoms with Crippen molar-refractivity contribution in [2.45, 2.75) is 98.3 Å². The van der Waals surface area contributed by atoms with Crippen LogP contribution in [0.5, 0.6) is 0 Å². The van der Waals surface area contributed by atoms with Crippen molar-refractivity contribution in [2.24, 2.45) is 46.3 Å². The molecule has 2 fully saturated rings. The first-order chi connectivity index (χ1) is 16.6. The average molecular weight is 485 g/mol. The molecule has 4 nitrogen and oxygen atoms in total. The Labute approximate surface area is 213 Å². The van der Waals surface area contributed by atoms with Crippen LogP contribution in [0.15, 0.2) is 23.3 Å². The van der Waals surface area contributed by atoms with Crippen molar-refractivity contribution < 1.29 is 19.1 Å². The van der Waals surface area contributed by atoms with Gasteiger partial charge < -0.3 is 9.47 Å². The lowest BCUT2D eigenvalue weighted by Crippen LogP contribution is -2.48. The summed E-state index contributed by atoms with van der Waals surface area (Å²) in [5.41, 5.74) is 4.78. The topological polar surface area (TPSA) is 52.6 Å². The molecule has 0 aromatic heterocycles. The molecule has 0 radical (unpaired) electrons. The highest BCUT2D eigenvalue weighted by Crippen LogP contribution is 2.70. The molecule has 4 heteroatoms. The van der Waals surface area contributed by atoms with Gasteiger partial charge in [0.05, 0.1) is 26.1 Å². The van der Waals surface area contributed by atoms with Crippen molar-refractivity contribution in [1.82, 2.24) is 0 Å². The van der Waals surface area contributed by atoms with E-state index in [4.69, 9.17) is 9.47 Å². The molecule has 0 heterocycles. The van der Waals surface area contributed by atoms with Crippen LogP contribution in [0.4, 0.5) is 0 Å². The van der Waals surface area contributed by atoms with Gasteiger partial charge in [-0.05, 0) is 92.3 Å². The van der Waals surface area contributed by atoms with Crippen molar-refractivity contribution in [1.29, 1.82) is 0 Å². The van der Waals surface area contributed by atoms with Gasteiger partial charge in [0.25, 0.3) is 0 Å². The van der Waals surface area contributed by atoms with Gasteiger partial charge in [-0.1, -0.05) is 63.8 Å². The number of hydrogen-bond acceptors (Lipinski definition) is 4. The minimum atomic E-state index is -0.129. The summed E-state index contributed by atoms with van der Waals surface area (Å²) in [6.07, 6.45) is 11.9. The zero-order valence-corrected chi connectivity index (χ0v) is 23.1. The first-order valence-corrected chi connectivity index (χ1v) is 14.2. The molecule has 0 amide bonds. The Morgan fingerprint density at radius 3 is 2.37 bits per heavy atom. The van der Waals surface area contributed by atoms with E-state index in [2.05, 4.69) is 34.3 Å². The normalized spacial score (nSPS) is 37.4. The second kappa shape index (κ2) is 10.1. The predicted molar refractivity (Wildman–Crippen MR) is 139 cm³/mol. The molecule has 0 aromatic carbocycles. The third-order valence-corrected chi connectivity index (χ3v) is 11.1. The summed E-state index contributed by atoms with van der Waals surface area (Å²) in [6, 6.07) is 0. The van der Waals surface area contributed by atoms with E-state index in [0.29, 0.717) is 23.7 Å². The maximum Gasteiger partial charge on any atom is 0.312 e. The first kappa shape index (κ1) is 26.5. The average Bonchev–Trinajstić information content (AvgIpc) is 3.12. The fourth-order valence-corrected chi connectivity index (χ4v) is 8.95. The van der Waals surface area contributed by atoms with Crippen molar-refractivity contribution in [2.75, 3.05) is 14.2 Å². The summed E-state index contributed by atoms with van der Waals surface area (Å²) in [7, 11) is 3.06. The van der Waals surface area contributed by atoms with Gasteiger partial charge in [-0.3, -0.25) is 9.59 Å². The number of esters is 2. The fraction of sp³-hybridized carbons (Fsp3) is 0.806. The van der Waals surface area contributed by atoms with E-state index in [1.165, 1.54) is 20.0 Å². The highest BCUT2D eigenvalue weighted by molar-refractivity contribution is 5.76. The number of carbonyl (C=O) groups is 2. The highest BCUT2D eigenvalue weighted by atomic mass is 16.5. The van der Waals surface area contributed by atoms with Crippen molar-refractivity contribution in [3.05, 3.63) is 23.3 Å². The second-order valence-electron chi connectivity index (χ2n) is 12.8. The van der Waals surface area contributed by atoms with Crippen LogP contribution >= 0.6 is 0 Å². The molecule has 4 aliphatic rings. The molecule has 196 valence electrons. The van der Waals surface area contributed by atoms with Crippen molar-refractivity contribution in [3.63, 3.8) is 0 Å². The quantitative estimate of drug-likeness (QED) is 0.281. The SMILES string of the molecule is C=C1C(C(=O)OC)CCC2C3=C(CCC12)C1(C)CCC(C(CCCC(C)C)C(=O)OC)C1(C)CC3. The zero-order chi connectivity index (χ0) is 25.5. The number of rotatable bonds is 7. The van der Waals surface area contributed by atoms with E-state index in [1.54, 1.807) is 18.3 Å². The van der Waals surface area contributed by atoms with Gasteiger partial charge in [0.2, 0.25) is 0 Å². The molecule has 0 aromatic rings. The molecule has 4 aliphatic carbocycles. The summed E-state index contributed by atoms with van der Waals surface area (Å²) in [5.74, 6) is 1.79. The minimum absolute atomic E-state index is 0.00477. The Kier molecular flexibility index (Phi) is 7.61. The molecule has 0 saturated heterocycles. The largest absolute Gasteiger partial charge is 0.469 e. The summed E-state index contributed by atoms with van der Waals surface area (Å²) >= 11 is 0. The van der Waals surface area contributed by atoms with Crippen LogP contribution in [0.2, 0.25) is 0 Å². The molecule has 7 unspecified atom stereocenters. The number of methoxy groups -OCH3 is 2. The van der Waals surface area contributed by atoms with Crippen molar-refractivity contribution >= 4 is 11.9 Å². The summed E-state index contributed by atoms with van der Waals surface area (Å²) in [5, 5.41) is 0. The zero-order valence-electron chi connectivity index (χ0n) is 23.1. The van der Waals surface area contributed by atoms with E-state index in [0.717, 1.165) is 63.4 Å². The number of allylic oxidation sites excluding steroid dienone is 2. The van der Waals surface area contributed by atoms with Crippen molar-refractivity contribution in [3.8, 4) is 0 Å². The first-order valence-electron chi connectivity index (χ1n) is 14.2. The predicted octanol–water partition coefficient (Wildman–Crippen LogP) is 7.28. The van der Waals surface area contributed by atoms with E-state index < -0.39 is 0 Å².